The minimum absolute atomic E-state index is 0.00333. The number of hydrogen-bond acceptors (Lipinski definition) is 19. The van der Waals surface area contributed by atoms with Crippen LogP contribution in [0.5, 0.6) is 0 Å². The van der Waals surface area contributed by atoms with E-state index in [1.165, 1.54) is 96.9 Å². The third-order valence-corrected chi connectivity index (χ3v) is 13.3. The number of aliphatic imine (C=N–C) groups is 14. The van der Waals surface area contributed by atoms with E-state index in [2.05, 4.69) is 80.5 Å². The zero-order valence-corrected chi connectivity index (χ0v) is 67.8. The number of nitrogens with zero attached hydrogens (tertiary/aromatic N) is 21. The van der Waals surface area contributed by atoms with Gasteiger partial charge < -0.3 is 174 Å². The van der Waals surface area contributed by atoms with Gasteiger partial charge in [0.15, 0.2) is 41.7 Å². The van der Waals surface area contributed by atoms with Gasteiger partial charge in [0.05, 0.1) is 89.9 Å². The van der Waals surface area contributed by atoms with Crippen LogP contribution in [0.4, 0.5) is 45.5 Å². The average molecular weight is 1670 g/mol. The second kappa shape index (κ2) is 54.9. The van der Waals surface area contributed by atoms with Crippen LogP contribution in [-0.2, 0) is 0 Å². The predicted molar refractivity (Wildman–Crippen MR) is 475 cm³/mol. The number of anilines is 6. The number of nitrogens with two attached hydrogens (primary N) is 18. The van der Waals surface area contributed by atoms with E-state index in [0.717, 1.165) is 40.6 Å². The molecular formula is C67H107N45O8. The molecule has 0 saturated heterocycles. The van der Waals surface area contributed by atoms with Crippen molar-refractivity contribution in [3.05, 3.63) is 173 Å². The first kappa shape index (κ1) is 100. The van der Waals surface area contributed by atoms with E-state index in [-0.39, 0.29) is 89.4 Å². The molecule has 8 heterocycles. The van der Waals surface area contributed by atoms with Gasteiger partial charge in [-0.3, -0.25) is 51.4 Å². The molecule has 1 aliphatic carbocycles. The first-order chi connectivity index (χ1) is 56.8. The Morgan fingerprint density at radius 3 is 1.16 bits per heavy atom. The molecule has 0 bridgehead atoms. The largest absolute Gasteiger partial charge is 0.470 e. The van der Waals surface area contributed by atoms with Gasteiger partial charge in [-0.15, -0.1) is 0 Å². The van der Waals surface area contributed by atoms with Crippen molar-refractivity contribution in [1.82, 2.24) is 14.7 Å². The van der Waals surface area contributed by atoms with E-state index < -0.39 is 0 Å². The van der Waals surface area contributed by atoms with Gasteiger partial charge in [0.25, 0.3) is 0 Å². The van der Waals surface area contributed by atoms with E-state index in [0.29, 0.717) is 34.9 Å². The molecule has 120 heavy (non-hydrogen) atoms. The maximum absolute atomic E-state index is 7.70. The van der Waals surface area contributed by atoms with Crippen molar-refractivity contribution in [3.8, 4) is 0 Å². The lowest BCUT2D eigenvalue weighted by Gasteiger charge is -2.25. The maximum atomic E-state index is 7.70. The van der Waals surface area contributed by atoms with Crippen LogP contribution in [0.2, 0.25) is 0 Å². The van der Waals surface area contributed by atoms with Crippen molar-refractivity contribution < 1.29 is 35.3 Å². The number of furan rings is 8. The number of hydrogen-bond donors (Lipinski definition) is 24. The molecule has 53 heteroatoms. The van der Waals surface area contributed by atoms with Crippen LogP contribution >= 0.6 is 0 Å². The Bertz CT molecular complexity index is 4790. The summed E-state index contributed by atoms with van der Waals surface area (Å²) in [6, 6.07) is 13.7. The van der Waals surface area contributed by atoms with E-state index in [1.54, 1.807) is 171 Å². The Hall–Kier alpha value is -17.6. The lowest BCUT2D eigenvalue weighted by atomic mass is 10.5. The summed E-state index contributed by atoms with van der Waals surface area (Å²) in [6.07, 6.45) is 31.0. The normalized spacial score (nSPS) is 11.9. The van der Waals surface area contributed by atoms with Crippen LogP contribution in [0.25, 0.3) is 0 Å². The highest BCUT2D eigenvalue weighted by Gasteiger charge is 2.15. The molecular weight excluding hydrogens is 1560 g/mol. The minimum Gasteiger partial charge on any atom is -0.470 e. The molecule has 0 unspecified atom stereocenters. The molecule has 0 amide bonds. The van der Waals surface area contributed by atoms with Gasteiger partial charge in [-0.25, -0.2) is 15.0 Å². The molecule has 0 aliphatic heterocycles. The fourth-order valence-electron chi connectivity index (χ4n) is 7.02. The van der Waals surface area contributed by atoms with Crippen LogP contribution in [0.3, 0.4) is 0 Å². The zero-order chi connectivity index (χ0) is 90.4. The van der Waals surface area contributed by atoms with Crippen molar-refractivity contribution in [3.63, 3.8) is 0 Å². The molecule has 53 nitrogen and oxygen atoms in total. The highest BCUT2D eigenvalue weighted by atomic mass is 16.3. The van der Waals surface area contributed by atoms with Gasteiger partial charge in [-0.2, -0.15) is 34.9 Å². The predicted octanol–water partition coefficient (Wildman–Crippen LogP) is -0.177. The number of allylic oxidation sites excluding steroid dienone is 3. The zero-order valence-electron chi connectivity index (χ0n) is 67.8. The summed E-state index contributed by atoms with van der Waals surface area (Å²) in [6.45, 7) is 0. The smallest absolute Gasteiger partial charge is 0.227 e. The molecule has 648 valence electrons. The van der Waals surface area contributed by atoms with Crippen molar-refractivity contribution in [2.75, 3.05) is 115 Å². The van der Waals surface area contributed by atoms with Crippen LogP contribution in [-0.4, -0.2) is 207 Å². The topological polar surface area (TPSA) is 889 Å². The fraction of sp³-hybridized carbons (Fsp3) is 0.194. The number of nitrogens with one attached hydrogen (secondary N) is 6. The van der Waals surface area contributed by atoms with Gasteiger partial charge >= 0.3 is 0 Å². The number of rotatable bonds is 9. The first-order valence-electron chi connectivity index (χ1n) is 33.6. The Morgan fingerprint density at radius 2 is 0.767 bits per heavy atom. The maximum Gasteiger partial charge on any atom is 0.227 e. The monoisotopic (exact) mass is 1670 g/mol. The Balaban J connectivity index is 0.000000675. The minimum atomic E-state index is -0.176. The van der Waals surface area contributed by atoms with Crippen molar-refractivity contribution in [1.29, 1.82) is 21.6 Å². The second-order valence-electron chi connectivity index (χ2n) is 22.3. The average Bonchev–Trinajstić information content (AvgIpc) is 1.75. The fourth-order valence-corrected chi connectivity index (χ4v) is 7.02. The summed E-state index contributed by atoms with van der Waals surface area (Å²) < 4.78 is 38.7. The van der Waals surface area contributed by atoms with Crippen molar-refractivity contribution >= 4 is 153 Å². The molecule has 0 saturated carbocycles. The molecule has 8 aromatic heterocycles. The quantitative estimate of drug-likeness (QED) is 0.0658. The van der Waals surface area contributed by atoms with E-state index >= 15 is 0 Å². The molecule has 9 rings (SSSR count). The van der Waals surface area contributed by atoms with Crippen LogP contribution in [0.15, 0.2) is 278 Å². The lowest BCUT2D eigenvalue weighted by Crippen LogP contribution is -2.45. The summed E-state index contributed by atoms with van der Waals surface area (Å²) in [5.74, 6) is 1.50. The van der Waals surface area contributed by atoms with Crippen molar-refractivity contribution in [2.24, 2.45) is 173 Å². The van der Waals surface area contributed by atoms with Crippen LogP contribution < -0.4 is 133 Å². The summed E-state index contributed by atoms with van der Waals surface area (Å²) in [4.78, 5) is 63.7. The molecule has 0 atom stereocenters. The Morgan fingerprint density at radius 1 is 0.358 bits per heavy atom. The highest BCUT2D eigenvalue weighted by Crippen LogP contribution is 2.18. The van der Waals surface area contributed by atoms with Gasteiger partial charge in [-0.1, -0.05) is 12.2 Å². The highest BCUT2D eigenvalue weighted by molar-refractivity contribution is 6.06. The third kappa shape index (κ3) is 42.1. The lowest BCUT2D eigenvalue weighted by molar-refractivity contribution is 0.567. The van der Waals surface area contributed by atoms with E-state index in [9.17, 15) is 0 Å². The molecule has 1 aliphatic rings. The molecule has 8 aromatic rings. The first-order valence-corrected chi connectivity index (χ1v) is 33.6. The van der Waals surface area contributed by atoms with Crippen LogP contribution in [0.1, 0.15) is 6.42 Å². The van der Waals surface area contributed by atoms with Gasteiger partial charge in [0, 0.05) is 121 Å². The van der Waals surface area contributed by atoms with Gasteiger partial charge in [-0.05, 0) is 24.6 Å². The summed E-state index contributed by atoms with van der Waals surface area (Å²) in [5, 5.41) is 35.0. The van der Waals surface area contributed by atoms with Crippen LogP contribution in [0, 0.1) is 21.6 Å². The molecule has 0 spiro atoms. The Labute approximate surface area is 688 Å². The molecule has 42 N–H and O–H groups in total. The summed E-state index contributed by atoms with van der Waals surface area (Å²) in [5.41, 5.74) is 102. The molecule has 0 radical (unpaired) electrons. The summed E-state index contributed by atoms with van der Waals surface area (Å²) in [7, 11) is 19.9. The van der Waals surface area contributed by atoms with E-state index in [4.69, 9.17) is 160 Å². The second-order valence-corrected chi connectivity index (χ2v) is 22.3. The third-order valence-electron chi connectivity index (χ3n) is 13.3. The SMILES string of the molecule is CN(C(=N)N)C(=N)N(C)c1ccoc1.CN(C(=N)N)C(N)=Nc1ccoc1.CN(C(=N)N=C(N)N)c1ccoc1.CN(C)C(N)=NC(N)=NC1=CCC=C1.CN=C(N)N=C(N)N(C)c1ccoc1.CN=C(N)N=C(N)Nc1ccoc1.CN=C(N=C(N)N)N(C)c1ccoc1.CN=C(N=C(N)N)Nc1ccoc1.NC(N)=NC(N)=Nc1ccoc1. The molecule has 0 fully saturated rings. The molecule has 0 aromatic carbocycles. The van der Waals surface area contributed by atoms with Gasteiger partial charge in [0.1, 0.15) is 61.5 Å². The Kier molecular flexibility index (Phi) is 45.9. The van der Waals surface area contributed by atoms with E-state index in [1.807, 2.05) is 18.2 Å². The van der Waals surface area contributed by atoms with Crippen molar-refractivity contribution in [2.45, 2.75) is 6.42 Å². The van der Waals surface area contributed by atoms with Gasteiger partial charge in [0.2, 0.25) is 65.6 Å². The number of guanidine groups is 18. The summed E-state index contributed by atoms with van der Waals surface area (Å²) >= 11 is 0. The standard InChI is InChI=1S/C9H15N5.3C8H13N5O.4C7H11N5O.C6H9N5O/c1-14(2)9(11)13-8(10)12-7-5-3-4-6-7;1-11-7(9)12-8(10)13(2)6-3-4-14-5-6;1-12(6-3-4-14-5-6)8(11)13(2)7(9)10;1-11-8(12-7(9)10)13(2)6-3-4-14-5-6;1-10-6(8)12-7(9)11-5-2-3-13-4-5;1-12(5-2-3-13-4-5)7(10)11-6(8)9;1-12(6(8)9)7(10)11-5-2-3-13-4-5;1-10-7(12-6(8)9)11-5-2-3-13-4-5;7-5(8)11-6(9)10-4-1-2-12-3-4/h3,5-6H,4H2,1-2H3,(H4,10,11,12,13);3-5H,1-2H3,(H4,9,10,11,12);3-5,11H,1-2H3,(H3,9,10);3-5H,1-2H3,(H4,9,10,11,12);2-4H,1H3,(H5,8,9,10,11,12);2-4H,1H3,(H5,8,9,10,11);2-4H,1H3,(H3,8,9)(H2,10,11);2-4H,1H3,(H5,8,9,10,11,12);1-3H,(H6,7,8,9,10,11).